The van der Waals surface area contributed by atoms with E-state index in [-0.39, 0.29) is 37.3 Å². The molecular weight excluding hydrogens is 780 g/mol. The van der Waals surface area contributed by atoms with Gasteiger partial charge in [0.1, 0.15) is 23.7 Å². The third-order valence-corrected chi connectivity index (χ3v) is 13.0. The number of esters is 1. The number of cyclic esters (lactones) is 1. The van der Waals surface area contributed by atoms with E-state index in [0.717, 1.165) is 12.5 Å². The number of aliphatic hydroxyl groups is 1. The molecule has 0 radical (unpaired) electrons. The van der Waals surface area contributed by atoms with Crippen molar-refractivity contribution in [2.24, 2.45) is 17.8 Å². The summed E-state index contributed by atoms with van der Waals surface area (Å²) >= 11 is 0. The Balaban J connectivity index is 1.45. The molecule has 13 unspecified atom stereocenters. The van der Waals surface area contributed by atoms with Crippen molar-refractivity contribution in [1.82, 2.24) is 24.8 Å². The number of methoxy groups -OCH3 is 1. The number of unbranched alkanes of at least 4 members (excludes halogenated alkanes) is 1. The second-order valence-corrected chi connectivity index (χ2v) is 17.8. The molecule has 1 aromatic heterocycles. The molecule has 16 nitrogen and oxygen atoms in total. The molecule has 3 N–H and O–H groups in total. The van der Waals surface area contributed by atoms with Gasteiger partial charge in [-0.3, -0.25) is 14.3 Å². The molecule has 2 aromatic rings. The fourth-order valence-corrected chi connectivity index (χ4v) is 9.46. The third kappa shape index (κ3) is 9.39. The number of nitrogens with two attached hydrogens (primary N) is 1. The minimum Gasteiger partial charge on any atom is -0.455 e. The predicted octanol–water partition coefficient (Wildman–Crippen LogP) is 4.60. The number of amides is 1. The number of nitrogens with zero attached hydrogens (tertiary/aromatic N) is 5. The lowest BCUT2D eigenvalue weighted by atomic mass is 9.73. The van der Waals surface area contributed by atoms with E-state index in [2.05, 4.69) is 10.3 Å². The summed E-state index contributed by atoms with van der Waals surface area (Å²) in [6.07, 6.45) is -2.55. The molecule has 13 atom stereocenters. The van der Waals surface area contributed by atoms with Gasteiger partial charge in [0.25, 0.3) is 5.67 Å². The van der Waals surface area contributed by atoms with Crippen LogP contribution in [-0.2, 0) is 44.6 Å². The van der Waals surface area contributed by atoms with Crippen LogP contribution >= 0.6 is 0 Å². The van der Waals surface area contributed by atoms with E-state index in [9.17, 15) is 24.3 Å². The second-order valence-electron chi connectivity index (χ2n) is 17.8. The Hall–Kier alpha value is -4.03. The minimum absolute atomic E-state index is 0.0103. The van der Waals surface area contributed by atoms with E-state index in [1.165, 1.54) is 18.9 Å². The molecule has 1 aromatic carbocycles. The molecule has 0 spiro atoms. The Bertz CT molecular complexity index is 1840. The molecule has 3 aliphatic heterocycles. The monoisotopic (exact) mass is 844 g/mol. The summed E-state index contributed by atoms with van der Waals surface area (Å²) in [6.45, 7) is 13.2. The number of aliphatic hydroxyl groups excluding tert-OH is 1. The Labute approximate surface area is 352 Å². The lowest BCUT2D eigenvalue weighted by molar-refractivity contribution is -0.295. The number of rotatable bonds is 11. The van der Waals surface area contributed by atoms with Gasteiger partial charge < -0.3 is 44.3 Å². The molecule has 3 saturated heterocycles. The zero-order valence-corrected chi connectivity index (χ0v) is 36.9. The van der Waals surface area contributed by atoms with Crippen molar-refractivity contribution in [3.63, 3.8) is 0 Å². The average Bonchev–Trinajstić information content (AvgIpc) is 3.78. The summed E-state index contributed by atoms with van der Waals surface area (Å²) in [5, 5.41) is 19.9. The molecule has 5 rings (SSSR count). The number of hydrogen-bond acceptors (Lipinski definition) is 14. The molecule has 0 saturated carbocycles. The van der Waals surface area contributed by atoms with E-state index in [0.29, 0.717) is 37.2 Å². The number of aryl methyl sites for hydroxylation is 1. The fraction of sp³-hybridized carbons (Fsp3) is 0.721. The Morgan fingerprint density at radius 2 is 1.67 bits per heavy atom. The molecule has 4 heterocycles. The number of ether oxygens (including phenoxy) is 5. The number of anilines is 1. The molecule has 60 heavy (non-hydrogen) atoms. The number of benzene rings is 1. The number of fused-ring (bicyclic) bond motifs is 1. The first-order valence-corrected chi connectivity index (χ1v) is 21.0. The lowest BCUT2D eigenvalue weighted by Gasteiger charge is -2.47. The van der Waals surface area contributed by atoms with Crippen molar-refractivity contribution in [1.29, 1.82) is 0 Å². The first kappa shape index (κ1) is 47.0. The van der Waals surface area contributed by atoms with Crippen LogP contribution in [0.25, 0.3) is 11.3 Å². The quantitative estimate of drug-likeness (QED) is 0.138. The van der Waals surface area contributed by atoms with Gasteiger partial charge in [-0.1, -0.05) is 45.0 Å². The summed E-state index contributed by atoms with van der Waals surface area (Å²) in [7, 11) is 5.04. The van der Waals surface area contributed by atoms with Crippen LogP contribution in [0.4, 0.5) is 14.9 Å². The highest BCUT2D eigenvalue weighted by Gasteiger charge is 2.61. The van der Waals surface area contributed by atoms with Crippen LogP contribution in [-0.4, -0.2) is 141 Å². The van der Waals surface area contributed by atoms with Crippen LogP contribution in [0.3, 0.4) is 0 Å². The SMILES string of the molecule is CCC1OC(=O)C(C)(F)C(=O)C(C)C(OC2OC(C)CC(N(C)C)C2O)C(C)(OC)CC(C)C(=O)C(C)C2N(CCCCn3cc(-c4ccc(N)cc4)nn3)C(=O)OC12C. The van der Waals surface area contributed by atoms with E-state index in [4.69, 9.17) is 29.4 Å². The van der Waals surface area contributed by atoms with Crippen LogP contribution in [0.2, 0.25) is 0 Å². The van der Waals surface area contributed by atoms with Crippen molar-refractivity contribution in [2.75, 3.05) is 33.5 Å². The maximum atomic E-state index is 16.9. The van der Waals surface area contributed by atoms with Crippen molar-refractivity contribution in [3.8, 4) is 11.3 Å². The Morgan fingerprint density at radius 1 is 1.02 bits per heavy atom. The van der Waals surface area contributed by atoms with E-state index < -0.39 is 83.1 Å². The summed E-state index contributed by atoms with van der Waals surface area (Å²) in [5.74, 6) is -5.85. The van der Waals surface area contributed by atoms with Crippen LogP contribution in [0.5, 0.6) is 0 Å². The van der Waals surface area contributed by atoms with Crippen LogP contribution in [0.15, 0.2) is 30.5 Å². The van der Waals surface area contributed by atoms with Gasteiger partial charge >= 0.3 is 12.1 Å². The largest absolute Gasteiger partial charge is 0.455 e. The maximum Gasteiger partial charge on any atom is 0.410 e. The molecule has 334 valence electrons. The van der Waals surface area contributed by atoms with Gasteiger partial charge in [-0.15, -0.1) is 5.10 Å². The van der Waals surface area contributed by atoms with Crippen molar-refractivity contribution in [2.45, 2.75) is 154 Å². The number of aromatic nitrogens is 3. The fourth-order valence-electron chi connectivity index (χ4n) is 9.46. The Morgan fingerprint density at radius 3 is 2.28 bits per heavy atom. The zero-order valence-electron chi connectivity index (χ0n) is 36.9. The number of alkyl halides is 1. The number of ketones is 2. The molecule has 17 heteroatoms. The zero-order chi connectivity index (χ0) is 44.5. The standard InChI is InChI=1S/C43H65FN6O10/c1-12-32-43(8)35(50(40(55)60-43)20-14-13-19-49-23-30(46-47-49)28-15-17-29(45)18-16-28)26(4)33(51)24(2)22-41(6,56-11)37(27(5)36(53)42(7,44)39(54)58-32)59-38-34(52)31(48(9)10)21-25(3)57-38/h15-18,23-27,31-32,34-35,37-38,52H,12-14,19-22,45H2,1-11H3. The smallest absolute Gasteiger partial charge is 0.410 e. The maximum absolute atomic E-state index is 16.9. The summed E-state index contributed by atoms with van der Waals surface area (Å²) < 4.78 is 49.2. The highest BCUT2D eigenvalue weighted by molar-refractivity contribution is 6.08. The molecule has 3 fully saturated rings. The van der Waals surface area contributed by atoms with E-state index >= 15 is 4.39 Å². The van der Waals surface area contributed by atoms with Crippen LogP contribution in [0, 0.1) is 17.8 Å². The predicted molar refractivity (Wildman–Crippen MR) is 219 cm³/mol. The number of nitrogen functional groups attached to an aromatic ring is 1. The van der Waals surface area contributed by atoms with Gasteiger partial charge in [0.15, 0.2) is 17.7 Å². The average molecular weight is 845 g/mol. The van der Waals surface area contributed by atoms with Gasteiger partial charge in [-0.05, 0) is 86.0 Å². The number of carbonyl (C=O) groups excluding carboxylic acids is 4. The van der Waals surface area contributed by atoms with E-state index in [1.54, 1.807) is 51.4 Å². The topological polar surface area (TPSA) is 198 Å². The number of halogens is 1. The lowest BCUT2D eigenvalue weighted by Crippen LogP contribution is -2.61. The van der Waals surface area contributed by atoms with Crippen molar-refractivity contribution in [3.05, 3.63) is 30.5 Å². The highest BCUT2D eigenvalue weighted by atomic mass is 19.1. The van der Waals surface area contributed by atoms with Crippen LogP contribution in [0.1, 0.15) is 87.5 Å². The van der Waals surface area contributed by atoms with Gasteiger partial charge in [-0.25, -0.2) is 14.0 Å². The molecular formula is C43H65FN6O10. The number of Topliss-reactive ketones (excluding diaryl/α,β-unsaturated/α-hetero) is 2. The number of hydrogen-bond donors (Lipinski definition) is 2. The van der Waals surface area contributed by atoms with Gasteiger partial charge in [0, 0.05) is 55.2 Å². The molecule has 3 aliphatic rings. The molecule has 0 aliphatic carbocycles. The first-order valence-electron chi connectivity index (χ1n) is 21.0. The van der Waals surface area contributed by atoms with Gasteiger partial charge in [0.05, 0.1) is 30.0 Å². The van der Waals surface area contributed by atoms with Crippen LogP contribution < -0.4 is 5.73 Å². The molecule has 1 amide bonds. The van der Waals surface area contributed by atoms with Crippen molar-refractivity contribution < 1.29 is 52.4 Å². The minimum atomic E-state index is -3.19. The first-order chi connectivity index (χ1) is 28.1. The summed E-state index contributed by atoms with van der Waals surface area (Å²) in [6, 6.07) is 6.00. The van der Waals surface area contributed by atoms with Gasteiger partial charge in [0.2, 0.25) is 0 Å². The normalized spacial score (nSPS) is 37.1. The number of carbonyl (C=O) groups is 4. The van der Waals surface area contributed by atoms with Gasteiger partial charge in [-0.2, -0.15) is 0 Å². The highest BCUT2D eigenvalue weighted by Crippen LogP contribution is 2.44. The van der Waals surface area contributed by atoms with E-state index in [1.807, 2.05) is 44.2 Å². The Kier molecular flexibility index (Phi) is 14.5. The summed E-state index contributed by atoms with van der Waals surface area (Å²) in [5.41, 5.74) is 1.77. The summed E-state index contributed by atoms with van der Waals surface area (Å²) in [4.78, 5) is 60.1. The van der Waals surface area contributed by atoms with Crippen molar-refractivity contribution >= 4 is 29.3 Å². The second kappa shape index (κ2) is 18.5. The molecule has 0 bridgehead atoms. The third-order valence-electron chi connectivity index (χ3n) is 13.0. The number of likely N-dealkylation sites (N-methyl/N-ethyl adjacent to an activating group) is 1.